The van der Waals surface area contributed by atoms with Gasteiger partial charge in [0.1, 0.15) is 0 Å². The van der Waals surface area contributed by atoms with E-state index in [0.717, 1.165) is 18.7 Å². The van der Waals surface area contributed by atoms with Crippen LogP contribution in [0.5, 0.6) is 0 Å². The van der Waals surface area contributed by atoms with Crippen molar-refractivity contribution in [3.8, 4) is 0 Å². The number of rotatable bonds is 4. The zero-order valence-corrected chi connectivity index (χ0v) is 13.3. The monoisotopic (exact) mass is 285 g/mol. The average Bonchev–Trinajstić information content (AvgIpc) is 2.56. The van der Waals surface area contributed by atoms with Gasteiger partial charge in [0.25, 0.3) is 0 Å². The predicted molar refractivity (Wildman–Crippen MR) is 92.1 cm³/mol. The quantitative estimate of drug-likeness (QED) is 0.572. The Morgan fingerprint density at radius 2 is 1.81 bits per heavy atom. The van der Waals surface area contributed by atoms with Crippen molar-refractivity contribution in [2.75, 3.05) is 18.0 Å². The molecule has 1 aromatic rings. The number of carbonyl (C=O) groups is 1. The van der Waals surface area contributed by atoms with Crippen molar-refractivity contribution in [3.63, 3.8) is 0 Å². The molecule has 1 aliphatic heterocycles. The van der Waals surface area contributed by atoms with Crippen LogP contribution in [-0.4, -0.2) is 18.9 Å². The highest BCUT2D eigenvalue weighted by Gasteiger charge is 2.11. The van der Waals surface area contributed by atoms with Crippen LogP contribution in [0.3, 0.4) is 0 Å². The highest BCUT2D eigenvalue weighted by atomic mass is 16.1. The second kappa shape index (κ2) is 9.98. The Labute approximate surface area is 129 Å². The summed E-state index contributed by atoms with van der Waals surface area (Å²) in [6.45, 7) is 9.63. The van der Waals surface area contributed by atoms with Crippen LogP contribution < -0.4 is 4.90 Å². The molecular weight excluding hydrogens is 258 g/mol. The SMILES string of the molecule is C=C/C=C\C.CCC(=O)c1ccc(N2CCCCC2)cc1. The summed E-state index contributed by atoms with van der Waals surface area (Å²) in [7, 11) is 0. The second-order valence-corrected chi connectivity index (χ2v) is 5.13. The number of hydrogen-bond acceptors (Lipinski definition) is 2. The molecule has 0 saturated carbocycles. The maximum atomic E-state index is 11.5. The van der Waals surface area contributed by atoms with Gasteiger partial charge in [-0.2, -0.15) is 0 Å². The topological polar surface area (TPSA) is 20.3 Å². The zero-order valence-electron chi connectivity index (χ0n) is 13.3. The van der Waals surface area contributed by atoms with Gasteiger partial charge in [0.15, 0.2) is 5.78 Å². The number of benzene rings is 1. The molecular formula is C19H27NO. The van der Waals surface area contributed by atoms with E-state index in [-0.39, 0.29) is 5.78 Å². The number of piperidine rings is 1. The van der Waals surface area contributed by atoms with E-state index in [4.69, 9.17) is 0 Å². The Bertz CT molecular complexity index is 453. The molecule has 0 bridgehead atoms. The third-order valence-corrected chi connectivity index (χ3v) is 3.56. The van der Waals surface area contributed by atoms with Gasteiger partial charge in [-0.15, -0.1) is 0 Å². The molecule has 2 rings (SSSR count). The normalized spacial score (nSPS) is 14.5. The Morgan fingerprint density at radius 3 is 2.24 bits per heavy atom. The first-order valence-corrected chi connectivity index (χ1v) is 7.84. The van der Waals surface area contributed by atoms with Gasteiger partial charge in [0.05, 0.1) is 0 Å². The Kier molecular flexibility index (Phi) is 8.18. The molecule has 0 unspecified atom stereocenters. The lowest BCUT2D eigenvalue weighted by atomic mass is 10.1. The van der Waals surface area contributed by atoms with Crippen LogP contribution in [0.4, 0.5) is 5.69 Å². The molecule has 2 nitrogen and oxygen atoms in total. The first-order chi connectivity index (χ1) is 10.2. The Hall–Kier alpha value is -1.83. The van der Waals surface area contributed by atoms with Crippen molar-refractivity contribution in [2.45, 2.75) is 39.5 Å². The maximum Gasteiger partial charge on any atom is 0.162 e. The van der Waals surface area contributed by atoms with E-state index >= 15 is 0 Å². The van der Waals surface area contributed by atoms with Gasteiger partial charge in [0, 0.05) is 30.8 Å². The van der Waals surface area contributed by atoms with Gasteiger partial charge in [-0.05, 0) is 50.5 Å². The van der Waals surface area contributed by atoms with Crippen LogP contribution in [0.1, 0.15) is 49.9 Å². The van der Waals surface area contributed by atoms with Crippen molar-refractivity contribution in [1.29, 1.82) is 0 Å². The smallest absolute Gasteiger partial charge is 0.162 e. The molecule has 2 heteroatoms. The lowest BCUT2D eigenvalue weighted by Gasteiger charge is -2.28. The molecule has 0 spiro atoms. The average molecular weight is 285 g/mol. The third kappa shape index (κ3) is 5.99. The van der Waals surface area contributed by atoms with Gasteiger partial charge in [-0.1, -0.05) is 31.7 Å². The Balaban J connectivity index is 0.000000383. The van der Waals surface area contributed by atoms with Crippen LogP contribution >= 0.6 is 0 Å². The number of ketones is 1. The number of anilines is 1. The van der Waals surface area contributed by atoms with Gasteiger partial charge in [0.2, 0.25) is 0 Å². The van der Waals surface area contributed by atoms with Crippen LogP contribution in [0, 0.1) is 0 Å². The zero-order chi connectivity index (χ0) is 15.5. The van der Waals surface area contributed by atoms with Crippen LogP contribution in [0.25, 0.3) is 0 Å². The minimum Gasteiger partial charge on any atom is -0.372 e. The van der Waals surface area contributed by atoms with Crippen LogP contribution in [0.2, 0.25) is 0 Å². The largest absolute Gasteiger partial charge is 0.372 e. The van der Waals surface area contributed by atoms with Crippen molar-refractivity contribution in [2.24, 2.45) is 0 Å². The molecule has 21 heavy (non-hydrogen) atoms. The first-order valence-electron chi connectivity index (χ1n) is 7.84. The molecule has 1 aromatic carbocycles. The van der Waals surface area contributed by atoms with Gasteiger partial charge in [-0.3, -0.25) is 4.79 Å². The molecule has 0 radical (unpaired) electrons. The summed E-state index contributed by atoms with van der Waals surface area (Å²) in [5.74, 6) is 0.227. The number of nitrogens with zero attached hydrogens (tertiary/aromatic N) is 1. The van der Waals surface area contributed by atoms with Crippen molar-refractivity contribution in [1.82, 2.24) is 0 Å². The van der Waals surface area contributed by atoms with Crippen molar-refractivity contribution < 1.29 is 4.79 Å². The fraction of sp³-hybridized carbons (Fsp3) is 0.421. The van der Waals surface area contributed by atoms with Crippen LogP contribution in [0.15, 0.2) is 49.1 Å². The summed E-state index contributed by atoms with van der Waals surface area (Å²) < 4.78 is 0. The van der Waals surface area contributed by atoms with E-state index in [9.17, 15) is 4.79 Å². The molecule has 0 atom stereocenters. The van der Waals surface area contributed by atoms with E-state index in [2.05, 4.69) is 23.6 Å². The first kappa shape index (κ1) is 17.2. The molecule has 0 aromatic heterocycles. The summed E-state index contributed by atoms with van der Waals surface area (Å²) in [5.41, 5.74) is 2.09. The van der Waals surface area contributed by atoms with E-state index < -0.39 is 0 Å². The van der Waals surface area contributed by atoms with Crippen LogP contribution in [-0.2, 0) is 0 Å². The summed E-state index contributed by atoms with van der Waals surface area (Å²) in [4.78, 5) is 13.9. The molecule has 0 amide bonds. The summed E-state index contributed by atoms with van der Waals surface area (Å²) in [5, 5.41) is 0. The highest BCUT2D eigenvalue weighted by Crippen LogP contribution is 2.20. The summed E-state index contributed by atoms with van der Waals surface area (Å²) in [6.07, 6.45) is 10.1. The maximum absolute atomic E-state index is 11.5. The molecule has 0 N–H and O–H groups in total. The number of hydrogen-bond donors (Lipinski definition) is 0. The number of carbonyl (C=O) groups excluding carboxylic acids is 1. The highest BCUT2D eigenvalue weighted by molar-refractivity contribution is 5.96. The van der Waals surface area contributed by atoms with Crippen molar-refractivity contribution >= 4 is 11.5 Å². The third-order valence-electron chi connectivity index (χ3n) is 3.56. The summed E-state index contributed by atoms with van der Waals surface area (Å²) >= 11 is 0. The molecule has 0 aliphatic carbocycles. The molecule has 1 fully saturated rings. The lowest BCUT2D eigenvalue weighted by Crippen LogP contribution is -2.29. The molecule has 1 heterocycles. The van der Waals surface area contributed by atoms with E-state index in [0.29, 0.717) is 6.42 Å². The van der Waals surface area contributed by atoms with Gasteiger partial charge in [-0.25, -0.2) is 0 Å². The molecule has 1 aliphatic rings. The molecule has 1 saturated heterocycles. The minimum atomic E-state index is 0.227. The number of Topliss-reactive ketones (excluding diaryl/α,β-unsaturated/α-hetero) is 1. The standard InChI is InChI=1S/C14H19NO.C5H8/c1-2-14(16)12-6-8-13(9-7-12)15-10-4-3-5-11-15;1-3-5-4-2/h6-9H,2-5,10-11H2,1H3;3-5H,1H2,2H3/b;5-4-. The van der Waals surface area contributed by atoms with E-state index in [1.165, 1.54) is 24.9 Å². The minimum absolute atomic E-state index is 0.227. The Morgan fingerprint density at radius 1 is 1.19 bits per heavy atom. The summed E-state index contributed by atoms with van der Waals surface area (Å²) in [6, 6.07) is 8.06. The fourth-order valence-electron chi connectivity index (χ4n) is 2.35. The van der Waals surface area contributed by atoms with Crippen molar-refractivity contribution in [3.05, 3.63) is 54.6 Å². The lowest BCUT2D eigenvalue weighted by molar-refractivity contribution is 0.0988. The molecule has 114 valence electrons. The number of allylic oxidation sites excluding steroid dienone is 3. The fourth-order valence-corrected chi connectivity index (χ4v) is 2.35. The second-order valence-electron chi connectivity index (χ2n) is 5.13. The van der Waals surface area contributed by atoms with E-state index in [1.54, 1.807) is 6.08 Å². The van der Waals surface area contributed by atoms with Gasteiger partial charge < -0.3 is 4.90 Å². The van der Waals surface area contributed by atoms with E-state index in [1.807, 2.05) is 38.1 Å². The predicted octanol–water partition coefficient (Wildman–Crippen LogP) is 5.02. The van der Waals surface area contributed by atoms with Gasteiger partial charge >= 0.3 is 0 Å².